The van der Waals surface area contributed by atoms with Crippen LogP contribution >= 0.6 is 0 Å². The van der Waals surface area contributed by atoms with Crippen molar-refractivity contribution in [3.05, 3.63) is 36.5 Å². The van der Waals surface area contributed by atoms with Crippen LogP contribution in [0.25, 0.3) is 0 Å². The lowest BCUT2D eigenvalue weighted by Gasteiger charge is -2.22. The number of aliphatic hydroxyl groups excluding tert-OH is 2. The van der Waals surface area contributed by atoms with E-state index in [4.69, 9.17) is 4.74 Å². The summed E-state index contributed by atoms with van der Waals surface area (Å²) in [5.41, 5.74) is 0. The van der Waals surface area contributed by atoms with E-state index in [1.54, 1.807) is 0 Å². The van der Waals surface area contributed by atoms with E-state index in [0.717, 1.165) is 51.4 Å². The zero-order chi connectivity index (χ0) is 52.9. The molecule has 6 nitrogen and oxygen atoms in total. The SMILES string of the molecule is CCCCCC/C=C\CCCCCCCC(=O)OCCCCCCCCCCC/C=C\C/C=C\CCCCCCCCCCCCCCCCCC(=O)NC(CO)C(O)CCCCCCCCCCCCCC. The van der Waals surface area contributed by atoms with Crippen LogP contribution in [0.5, 0.6) is 0 Å². The Hall–Kier alpha value is -1.92. The van der Waals surface area contributed by atoms with Gasteiger partial charge >= 0.3 is 5.97 Å². The fourth-order valence-electron chi connectivity index (χ4n) is 10.1. The van der Waals surface area contributed by atoms with Crippen LogP contribution in [0.15, 0.2) is 36.5 Å². The normalized spacial score (nSPS) is 12.8. The Bertz CT molecular complexity index is 1180. The summed E-state index contributed by atoms with van der Waals surface area (Å²) in [6, 6.07) is -0.540. The summed E-state index contributed by atoms with van der Waals surface area (Å²) in [5, 5.41) is 23.2. The van der Waals surface area contributed by atoms with Crippen molar-refractivity contribution in [3.63, 3.8) is 0 Å². The molecule has 0 aromatic heterocycles. The highest BCUT2D eigenvalue weighted by molar-refractivity contribution is 5.76. The van der Waals surface area contributed by atoms with E-state index in [1.165, 1.54) is 270 Å². The largest absolute Gasteiger partial charge is 0.466 e. The lowest BCUT2D eigenvalue weighted by atomic mass is 10.0. The fraction of sp³-hybridized carbons (Fsp3) is 0.881. The minimum Gasteiger partial charge on any atom is -0.466 e. The van der Waals surface area contributed by atoms with E-state index in [0.29, 0.717) is 25.9 Å². The molecule has 0 saturated carbocycles. The molecule has 0 bridgehead atoms. The predicted octanol–water partition coefficient (Wildman–Crippen LogP) is 20.8. The average molecular weight is 1030 g/mol. The van der Waals surface area contributed by atoms with Gasteiger partial charge in [0.05, 0.1) is 25.4 Å². The van der Waals surface area contributed by atoms with Crippen molar-refractivity contribution >= 4 is 11.9 Å². The van der Waals surface area contributed by atoms with Crippen LogP contribution in [0.1, 0.15) is 354 Å². The second kappa shape index (κ2) is 62.6. The number of carbonyl (C=O) groups is 2. The Morgan fingerprint density at radius 3 is 1.07 bits per heavy atom. The molecular weight excluding hydrogens is 899 g/mol. The number of aliphatic hydroxyl groups is 2. The molecule has 0 spiro atoms. The molecule has 0 fully saturated rings. The number of nitrogens with one attached hydrogen (secondary N) is 1. The maximum absolute atomic E-state index is 12.5. The van der Waals surface area contributed by atoms with Crippen molar-refractivity contribution in [2.45, 2.75) is 366 Å². The number of hydrogen-bond acceptors (Lipinski definition) is 5. The Labute approximate surface area is 455 Å². The predicted molar refractivity (Wildman–Crippen MR) is 319 cm³/mol. The zero-order valence-corrected chi connectivity index (χ0v) is 49.1. The molecule has 3 N–H and O–H groups in total. The number of amides is 1. The third-order valence-corrected chi connectivity index (χ3v) is 15.2. The van der Waals surface area contributed by atoms with Gasteiger partial charge in [-0.2, -0.15) is 0 Å². The number of allylic oxidation sites excluding steroid dienone is 6. The summed E-state index contributed by atoms with van der Waals surface area (Å²) in [6.45, 7) is 4.94. The summed E-state index contributed by atoms with van der Waals surface area (Å²) in [7, 11) is 0. The number of carbonyl (C=O) groups excluding carboxylic acids is 2. The molecule has 1 amide bonds. The maximum Gasteiger partial charge on any atom is 0.305 e. The van der Waals surface area contributed by atoms with E-state index in [9.17, 15) is 19.8 Å². The van der Waals surface area contributed by atoms with Crippen LogP contribution in [0.3, 0.4) is 0 Å². The monoisotopic (exact) mass is 1030 g/mol. The van der Waals surface area contributed by atoms with Gasteiger partial charge in [-0.25, -0.2) is 0 Å². The highest BCUT2D eigenvalue weighted by Gasteiger charge is 2.20. The van der Waals surface area contributed by atoms with Gasteiger partial charge in [0.25, 0.3) is 0 Å². The quantitative estimate of drug-likeness (QED) is 0.0320. The Balaban J connectivity index is 3.38. The van der Waals surface area contributed by atoms with Crippen molar-refractivity contribution < 1.29 is 24.5 Å². The molecule has 0 aromatic carbocycles. The van der Waals surface area contributed by atoms with E-state index in [-0.39, 0.29) is 18.5 Å². The first kappa shape index (κ1) is 71.1. The summed E-state index contributed by atoms with van der Waals surface area (Å²) >= 11 is 0. The van der Waals surface area contributed by atoms with E-state index in [2.05, 4.69) is 55.6 Å². The number of rotatable bonds is 61. The molecule has 0 radical (unpaired) electrons. The molecule has 0 heterocycles. The van der Waals surface area contributed by atoms with Gasteiger partial charge in [-0.15, -0.1) is 0 Å². The smallest absolute Gasteiger partial charge is 0.305 e. The summed E-state index contributed by atoms with van der Waals surface area (Å²) in [5.74, 6) is -0.0298. The molecule has 2 atom stereocenters. The van der Waals surface area contributed by atoms with Crippen LogP contribution in [0.2, 0.25) is 0 Å². The minimum atomic E-state index is -0.663. The molecule has 0 saturated heterocycles. The van der Waals surface area contributed by atoms with Gasteiger partial charge < -0.3 is 20.3 Å². The Morgan fingerprint density at radius 2 is 0.685 bits per heavy atom. The number of ether oxygens (including phenoxy) is 1. The first-order valence-corrected chi connectivity index (χ1v) is 32.7. The van der Waals surface area contributed by atoms with Gasteiger partial charge in [0, 0.05) is 12.8 Å². The standard InChI is InChI=1S/C67H127NO5/c1-3-5-7-9-11-13-15-36-41-45-49-53-57-61-67(72)73-62-58-54-50-46-42-38-35-33-31-29-27-25-23-21-19-17-18-20-22-24-26-28-30-32-34-37-40-44-48-52-56-60-66(71)68-64(63-69)65(70)59-55-51-47-43-39-16-14-12-10-8-6-4-2/h13,15,19,21,25,27,64-65,69-70H,3-12,14,16-18,20,22-24,26,28-63H2,1-2H3,(H,68,71)/b15-13-,21-19-,27-25-. The van der Waals surface area contributed by atoms with E-state index in [1.807, 2.05) is 0 Å². The van der Waals surface area contributed by atoms with Crippen LogP contribution in [-0.2, 0) is 14.3 Å². The van der Waals surface area contributed by atoms with Gasteiger partial charge in [0.15, 0.2) is 0 Å². The molecule has 0 rings (SSSR count). The van der Waals surface area contributed by atoms with Gasteiger partial charge in [0.2, 0.25) is 5.91 Å². The molecule has 2 unspecified atom stereocenters. The van der Waals surface area contributed by atoms with Crippen molar-refractivity contribution in [3.8, 4) is 0 Å². The van der Waals surface area contributed by atoms with Crippen molar-refractivity contribution in [2.24, 2.45) is 0 Å². The fourth-order valence-corrected chi connectivity index (χ4v) is 10.1. The first-order valence-electron chi connectivity index (χ1n) is 32.7. The third-order valence-electron chi connectivity index (χ3n) is 15.2. The Morgan fingerprint density at radius 1 is 0.384 bits per heavy atom. The van der Waals surface area contributed by atoms with Gasteiger partial charge in [-0.1, -0.05) is 294 Å². The maximum atomic E-state index is 12.5. The lowest BCUT2D eigenvalue weighted by Crippen LogP contribution is -2.45. The van der Waals surface area contributed by atoms with Crippen molar-refractivity contribution in [1.82, 2.24) is 5.32 Å². The third kappa shape index (κ3) is 59.2. The van der Waals surface area contributed by atoms with Crippen LogP contribution < -0.4 is 5.32 Å². The summed E-state index contributed by atoms with van der Waals surface area (Å²) in [6.07, 6.45) is 78.9. The van der Waals surface area contributed by atoms with Gasteiger partial charge in [0.1, 0.15) is 0 Å². The minimum absolute atomic E-state index is 0.00391. The number of esters is 1. The Kier molecular flexibility index (Phi) is 61.0. The molecule has 430 valence electrons. The first-order chi connectivity index (χ1) is 36.0. The molecule has 0 aliphatic rings. The van der Waals surface area contributed by atoms with E-state index >= 15 is 0 Å². The molecule has 0 aliphatic heterocycles. The summed E-state index contributed by atoms with van der Waals surface area (Å²) < 4.78 is 5.47. The van der Waals surface area contributed by atoms with Gasteiger partial charge in [-0.3, -0.25) is 9.59 Å². The van der Waals surface area contributed by atoms with E-state index < -0.39 is 12.1 Å². The zero-order valence-electron chi connectivity index (χ0n) is 49.1. The van der Waals surface area contributed by atoms with Crippen molar-refractivity contribution in [1.29, 1.82) is 0 Å². The number of hydrogen-bond donors (Lipinski definition) is 3. The highest BCUT2D eigenvalue weighted by Crippen LogP contribution is 2.18. The topological polar surface area (TPSA) is 95.9 Å². The lowest BCUT2D eigenvalue weighted by molar-refractivity contribution is -0.143. The number of unbranched alkanes of at least 4 members (excludes halogenated alkanes) is 44. The van der Waals surface area contributed by atoms with Crippen LogP contribution in [0.4, 0.5) is 0 Å². The van der Waals surface area contributed by atoms with Crippen LogP contribution in [-0.4, -0.2) is 47.4 Å². The molecule has 0 aromatic rings. The second-order valence-electron chi connectivity index (χ2n) is 22.4. The molecule has 73 heavy (non-hydrogen) atoms. The van der Waals surface area contributed by atoms with Crippen LogP contribution in [0, 0.1) is 0 Å². The summed E-state index contributed by atoms with van der Waals surface area (Å²) in [4.78, 5) is 24.5. The second-order valence-corrected chi connectivity index (χ2v) is 22.4. The average Bonchev–Trinajstić information content (AvgIpc) is 3.39. The highest BCUT2D eigenvalue weighted by atomic mass is 16.5. The molecule has 6 heteroatoms. The van der Waals surface area contributed by atoms with Gasteiger partial charge in [-0.05, 0) is 83.5 Å². The molecular formula is C67H127NO5. The molecule has 0 aliphatic carbocycles. The van der Waals surface area contributed by atoms with Crippen molar-refractivity contribution in [2.75, 3.05) is 13.2 Å².